The predicted molar refractivity (Wildman–Crippen MR) is 115 cm³/mol. The van der Waals surface area contributed by atoms with Crippen LogP contribution in [-0.4, -0.2) is 19.7 Å². The van der Waals surface area contributed by atoms with E-state index >= 15 is 0 Å². The number of carbonyl (C=O) groups is 1. The van der Waals surface area contributed by atoms with E-state index in [2.05, 4.69) is 10.6 Å². The van der Waals surface area contributed by atoms with Crippen LogP contribution in [0.1, 0.15) is 16.7 Å². The van der Waals surface area contributed by atoms with E-state index in [1.165, 1.54) is 6.07 Å². The Hall–Kier alpha value is -3.38. The maximum atomic E-state index is 13.6. The lowest BCUT2D eigenvalue weighted by molar-refractivity contribution is 0.107. The van der Waals surface area contributed by atoms with Crippen molar-refractivity contribution in [1.29, 1.82) is 0 Å². The van der Waals surface area contributed by atoms with Gasteiger partial charge in [0.25, 0.3) is 0 Å². The van der Waals surface area contributed by atoms with Crippen molar-refractivity contribution < 1.29 is 18.7 Å². The highest BCUT2D eigenvalue weighted by molar-refractivity contribution is 5.89. The van der Waals surface area contributed by atoms with Gasteiger partial charge >= 0.3 is 6.03 Å². The summed E-state index contributed by atoms with van der Waals surface area (Å²) in [5.41, 5.74) is 3.25. The second-order valence-electron chi connectivity index (χ2n) is 6.76. The van der Waals surface area contributed by atoms with Crippen molar-refractivity contribution in [2.75, 3.05) is 19.0 Å². The summed E-state index contributed by atoms with van der Waals surface area (Å²) in [6, 6.07) is 21.4. The Labute approximate surface area is 175 Å². The molecule has 0 aliphatic carbocycles. The van der Waals surface area contributed by atoms with Gasteiger partial charge < -0.3 is 20.1 Å². The lowest BCUT2D eigenvalue weighted by Crippen LogP contribution is -2.30. The normalized spacial score (nSPS) is 10.5. The number of carbonyl (C=O) groups excluding carboxylic acids is 1. The Kier molecular flexibility index (Phi) is 7.80. The summed E-state index contributed by atoms with van der Waals surface area (Å²) >= 11 is 0. The zero-order chi connectivity index (χ0) is 21.2. The first-order valence-electron chi connectivity index (χ1n) is 9.72. The number of ether oxygens (including phenoxy) is 2. The van der Waals surface area contributed by atoms with Gasteiger partial charge in [0.1, 0.15) is 11.6 Å². The van der Waals surface area contributed by atoms with Gasteiger partial charge in [-0.2, -0.15) is 0 Å². The van der Waals surface area contributed by atoms with E-state index in [0.29, 0.717) is 37.4 Å². The second-order valence-corrected chi connectivity index (χ2v) is 6.76. The van der Waals surface area contributed by atoms with E-state index in [-0.39, 0.29) is 11.8 Å². The van der Waals surface area contributed by atoms with Crippen molar-refractivity contribution in [3.8, 4) is 5.75 Å². The number of hydrogen-bond acceptors (Lipinski definition) is 3. The number of rotatable bonds is 9. The van der Waals surface area contributed by atoms with Crippen LogP contribution in [0.15, 0.2) is 72.8 Å². The lowest BCUT2D eigenvalue weighted by Gasteiger charge is -2.10. The number of urea groups is 1. The van der Waals surface area contributed by atoms with Crippen molar-refractivity contribution in [1.82, 2.24) is 5.32 Å². The molecule has 0 unspecified atom stereocenters. The first-order chi connectivity index (χ1) is 14.6. The standard InChI is InChI=1S/C24H25FN2O3/c1-29-22-11-9-18(10-12-22)16-30-17-19-5-4-7-21(15-19)27-24(28)26-14-13-20-6-2-3-8-23(20)25/h2-12,15H,13-14,16-17H2,1H3,(H2,26,27,28). The first kappa shape index (κ1) is 21.3. The second kappa shape index (κ2) is 11.0. The van der Waals surface area contributed by atoms with Gasteiger partial charge in [-0.15, -0.1) is 0 Å². The van der Waals surface area contributed by atoms with Gasteiger partial charge in [-0.3, -0.25) is 0 Å². The van der Waals surface area contributed by atoms with Crippen LogP contribution in [0.2, 0.25) is 0 Å². The van der Waals surface area contributed by atoms with Crippen LogP contribution in [0.3, 0.4) is 0 Å². The molecule has 0 fully saturated rings. The smallest absolute Gasteiger partial charge is 0.319 e. The summed E-state index contributed by atoms with van der Waals surface area (Å²) in [4.78, 5) is 12.1. The molecule has 2 amide bonds. The van der Waals surface area contributed by atoms with Gasteiger partial charge in [0, 0.05) is 12.2 Å². The van der Waals surface area contributed by atoms with Gasteiger partial charge in [-0.05, 0) is 53.4 Å². The van der Waals surface area contributed by atoms with Crippen molar-refractivity contribution in [3.05, 3.63) is 95.3 Å². The number of methoxy groups -OCH3 is 1. The third-order valence-electron chi connectivity index (χ3n) is 4.52. The highest BCUT2D eigenvalue weighted by Gasteiger charge is 2.05. The topological polar surface area (TPSA) is 59.6 Å². The highest BCUT2D eigenvalue weighted by Crippen LogP contribution is 2.15. The zero-order valence-corrected chi connectivity index (χ0v) is 16.9. The molecule has 0 heterocycles. The maximum Gasteiger partial charge on any atom is 0.319 e. The van der Waals surface area contributed by atoms with Crippen LogP contribution in [-0.2, 0) is 24.4 Å². The average Bonchev–Trinajstić information content (AvgIpc) is 2.76. The Bertz CT molecular complexity index is 961. The average molecular weight is 408 g/mol. The number of benzene rings is 3. The quantitative estimate of drug-likeness (QED) is 0.529. The summed E-state index contributed by atoms with van der Waals surface area (Å²) in [6.45, 7) is 1.26. The van der Waals surface area contributed by atoms with Gasteiger partial charge in [0.2, 0.25) is 0 Å². The fraction of sp³-hybridized carbons (Fsp3) is 0.208. The Morgan fingerprint density at radius 1 is 0.933 bits per heavy atom. The molecular weight excluding hydrogens is 383 g/mol. The molecule has 0 aromatic heterocycles. The molecule has 3 rings (SSSR count). The van der Waals surface area contributed by atoms with Gasteiger partial charge in [-0.1, -0.05) is 42.5 Å². The van der Waals surface area contributed by atoms with Gasteiger partial charge in [0.15, 0.2) is 0 Å². The van der Waals surface area contributed by atoms with Crippen molar-refractivity contribution in [2.45, 2.75) is 19.6 Å². The molecule has 0 aliphatic heterocycles. The monoisotopic (exact) mass is 408 g/mol. The number of amides is 2. The molecular formula is C24H25FN2O3. The van der Waals surface area contributed by atoms with Gasteiger partial charge in [0.05, 0.1) is 20.3 Å². The lowest BCUT2D eigenvalue weighted by atomic mass is 10.1. The molecule has 5 nitrogen and oxygen atoms in total. The molecule has 3 aromatic carbocycles. The van der Waals surface area contributed by atoms with Crippen LogP contribution in [0.5, 0.6) is 5.75 Å². The molecule has 30 heavy (non-hydrogen) atoms. The van der Waals surface area contributed by atoms with E-state index in [9.17, 15) is 9.18 Å². The molecule has 6 heteroatoms. The SMILES string of the molecule is COc1ccc(COCc2cccc(NC(=O)NCCc3ccccc3F)c2)cc1. The molecule has 0 saturated heterocycles. The van der Waals surface area contributed by atoms with Crippen molar-refractivity contribution in [3.63, 3.8) is 0 Å². The summed E-state index contributed by atoms with van der Waals surface area (Å²) < 4.78 is 24.5. The molecule has 0 bridgehead atoms. The van der Waals surface area contributed by atoms with E-state index in [4.69, 9.17) is 9.47 Å². The number of nitrogens with one attached hydrogen (secondary N) is 2. The molecule has 156 valence electrons. The minimum Gasteiger partial charge on any atom is -0.497 e. The van der Waals surface area contributed by atoms with E-state index in [1.807, 2.05) is 48.5 Å². The Balaban J connectivity index is 1.42. The molecule has 0 saturated carbocycles. The molecule has 0 aliphatic rings. The van der Waals surface area contributed by atoms with Gasteiger partial charge in [-0.25, -0.2) is 9.18 Å². The largest absolute Gasteiger partial charge is 0.497 e. The van der Waals surface area contributed by atoms with Crippen molar-refractivity contribution >= 4 is 11.7 Å². The van der Waals surface area contributed by atoms with E-state index < -0.39 is 0 Å². The Morgan fingerprint density at radius 2 is 1.70 bits per heavy atom. The molecule has 3 aromatic rings. The summed E-state index contributed by atoms with van der Waals surface area (Å²) in [7, 11) is 1.63. The van der Waals surface area contributed by atoms with Crippen LogP contribution in [0, 0.1) is 5.82 Å². The number of halogens is 1. The van der Waals surface area contributed by atoms with E-state index in [0.717, 1.165) is 16.9 Å². The molecule has 0 atom stereocenters. The van der Waals surface area contributed by atoms with Crippen LogP contribution < -0.4 is 15.4 Å². The van der Waals surface area contributed by atoms with Crippen molar-refractivity contribution in [2.24, 2.45) is 0 Å². The third-order valence-corrected chi connectivity index (χ3v) is 4.52. The first-order valence-corrected chi connectivity index (χ1v) is 9.72. The van der Waals surface area contributed by atoms with Crippen LogP contribution in [0.4, 0.5) is 14.9 Å². The molecule has 0 radical (unpaired) electrons. The minimum absolute atomic E-state index is 0.262. The third kappa shape index (κ3) is 6.60. The maximum absolute atomic E-state index is 13.6. The van der Waals surface area contributed by atoms with Crippen LogP contribution >= 0.6 is 0 Å². The highest BCUT2D eigenvalue weighted by atomic mass is 19.1. The fourth-order valence-corrected chi connectivity index (χ4v) is 2.93. The zero-order valence-electron chi connectivity index (χ0n) is 16.9. The predicted octanol–water partition coefficient (Wildman–Crippen LogP) is 4.92. The summed E-state index contributed by atoms with van der Waals surface area (Å²) in [5, 5.41) is 5.53. The van der Waals surface area contributed by atoms with Crippen LogP contribution in [0.25, 0.3) is 0 Å². The number of hydrogen-bond donors (Lipinski definition) is 2. The van der Waals surface area contributed by atoms with E-state index in [1.54, 1.807) is 25.3 Å². The fourth-order valence-electron chi connectivity index (χ4n) is 2.93. The molecule has 2 N–H and O–H groups in total. The summed E-state index contributed by atoms with van der Waals surface area (Å²) in [5.74, 6) is 0.548. The minimum atomic E-state index is -0.331. The Morgan fingerprint density at radius 3 is 2.47 bits per heavy atom. The summed E-state index contributed by atoms with van der Waals surface area (Å²) in [6.07, 6.45) is 0.430. The molecule has 0 spiro atoms. The number of anilines is 1.